The number of amides is 2. The minimum Gasteiger partial charge on any atom is -0.338 e. The Morgan fingerprint density at radius 1 is 1.04 bits per heavy atom. The highest BCUT2D eigenvalue weighted by Crippen LogP contribution is 2.38. The van der Waals surface area contributed by atoms with Crippen molar-refractivity contribution in [1.29, 1.82) is 0 Å². The topological polar surface area (TPSA) is 49.4 Å². The highest BCUT2D eigenvalue weighted by molar-refractivity contribution is 5.99. The standard InChI is InChI=1S/C22H26N2O2/c1-4-15-12-9-13-16(5-2)20(15)23-22(26)18-14-19(25)24(3)21(18)17-10-7-6-8-11-17/h6-13,18,21H,4-5,14H2,1-3H3,(H,23,26)/t18-,21-/m0/s1. The number of benzene rings is 2. The second kappa shape index (κ2) is 7.73. The first-order chi connectivity index (χ1) is 12.6. The Balaban J connectivity index is 1.91. The van der Waals surface area contributed by atoms with Crippen molar-refractivity contribution in [2.24, 2.45) is 5.92 Å². The molecule has 0 spiro atoms. The molecule has 0 radical (unpaired) electrons. The van der Waals surface area contributed by atoms with Gasteiger partial charge in [0.1, 0.15) is 0 Å². The fraction of sp³-hybridized carbons (Fsp3) is 0.364. The van der Waals surface area contributed by atoms with Crippen molar-refractivity contribution in [2.75, 3.05) is 12.4 Å². The molecule has 3 rings (SSSR count). The average Bonchev–Trinajstić information content (AvgIpc) is 2.97. The summed E-state index contributed by atoms with van der Waals surface area (Å²) in [5.74, 6) is -0.449. The lowest BCUT2D eigenvalue weighted by molar-refractivity contribution is -0.127. The monoisotopic (exact) mass is 350 g/mol. The Hall–Kier alpha value is -2.62. The number of hydrogen-bond donors (Lipinski definition) is 1. The molecule has 2 aromatic rings. The van der Waals surface area contributed by atoms with Crippen LogP contribution >= 0.6 is 0 Å². The molecule has 1 fully saturated rings. The third-order valence-electron chi connectivity index (χ3n) is 5.31. The smallest absolute Gasteiger partial charge is 0.230 e. The molecule has 0 aliphatic carbocycles. The predicted octanol–water partition coefficient (Wildman–Crippen LogP) is 3.97. The Bertz CT molecular complexity index is 779. The van der Waals surface area contributed by atoms with Crippen molar-refractivity contribution in [2.45, 2.75) is 39.2 Å². The van der Waals surface area contributed by atoms with Crippen LogP contribution in [0.5, 0.6) is 0 Å². The number of hydrogen-bond acceptors (Lipinski definition) is 2. The van der Waals surface area contributed by atoms with Crippen molar-refractivity contribution in [3.63, 3.8) is 0 Å². The van der Waals surface area contributed by atoms with Crippen molar-refractivity contribution in [1.82, 2.24) is 4.90 Å². The zero-order valence-electron chi connectivity index (χ0n) is 15.7. The van der Waals surface area contributed by atoms with E-state index in [1.165, 1.54) is 0 Å². The van der Waals surface area contributed by atoms with E-state index >= 15 is 0 Å². The lowest BCUT2D eigenvalue weighted by atomic mass is 9.92. The van der Waals surface area contributed by atoms with E-state index in [0.717, 1.165) is 35.2 Å². The third-order valence-corrected chi connectivity index (χ3v) is 5.31. The molecule has 0 unspecified atom stereocenters. The minimum absolute atomic E-state index is 0.0125. The van der Waals surface area contributed by atoms with Gasteiger partial charge in [0.15, 0.2) is 0 Å². The SMILES string of the molecule is CCc1cccc(CC)c1NC(=O)[C@H]1CC(=O)N(C)[C@H]1c1ccccc1. The number of nitrogens with zero attached hydrogens (tertiary/aromatic N) is 1. The van der Waals surface area contributed by atoms with E-state index in [1.807, 2.05) is 36.4 Å². The van der Waals surface area contributed by atoms with Gasteiger partial charge in [0.2, 0.25) is 11.8 Å². The molecule has 1 heterocycles. The predicted molar refractivity (Wildman–Crippen MR) is 104 cm³/mol. The molecular formula is C22H26N2O2. The quantitative estimate of drug-likeness (QED) is 0.887. The summed E-state index contributed by atoms with van der Waals surface area (Å²) in [5.41, 5.74) is 4.18. The summed E-state index contributed by atoms with van der Waals surface area (Å²) >= 11 is 0. The number of carbonyl (C=O) groups is 2. The molecule has 0 bridgehead atoms. The highest BCUT2D eigenvalue weighted by Gasteiger charge is 2.42. The largest absolute Gasteiger partial charge is 0.338 e. The van der Waals surface area contributed by atoms with Crippen LogP contribution in [0.15, 0.2) is 48.5 Å². The van der Waals surface area contributed by atoms with Gasteiger partial charge in [-0.1, -0.05) is 62.4 Å². The van der Waals surface area contributed by atoms with Gasteiger partial charge in [-0.3, -0.25) is 9.59 Å². The number of likely N-dealkylation sites (tertiary alicyclic amines) is 1. The molecule has 2 atom stereocenters. The van der Waals surface area contributed by atoms with Gasteiger partial charge >= 0.3 is 0 Å². The van der Waals surface area contributed by atoms with Crippen LogP contribution in [0.25, 0.3) is 0 Å². The highest BCUT2D eigenvalue weighted by atomic mass is 16.2. The average molecular weight is 350 g/mol. The fourth-order valence-corrected chi connectivity index (χ4v) is 3.83. The molecule has 1 N–H and O–H groups in total. The number of nitrogens with one attached hydrogen (secondary N) is 1. The molecule has 1 aliphatic heterocycles. The van der Waals surface area contributed by atoms with E-state index in [1.54, 1.807) is 11.9 Å². The molecule has 26 heavy (non-hydrogen) atoms. The Morgan fingerprint density at radius 2 is 1.65 bits per heavy atom. The number of anilines is 1. The third kappa shape index (κ3) is 3.36. The first-order valence-electron chi connectivity index (χ1n) is 9.29. The maximum Gasteiger partial charge on any atom is 0.230 e. The fourth-order valence-electron chi connectivity index (χ4n) is 3.83. The summed E-state index contributed by atoms with van der Waals surface area (Å²) in [7, 11) is 1.78. The zero-order chi connectivity index (χ0) is 18.7. The van der Waals surface area contributed by atoms with Crippen molar-refractivity contribution in [3.05, 3.63) is 65.2 Å². The van der Waals surface area contributed by atoms with Gasteiger partial charge in [-0.05, 0) is 29.5 Å². The van der Waals surface area contributed by atoms with Gasteiger partial charge in [-0.15, -0.1) is 0 Å². The first kappa shape index (κ1) is 18.2. The summed E-state index contributed by atoms with van der Waals surface area (Å²) in [5, 5.41) is 3.15. The summed E-state index contributed by atoms with van der Waals surface area (Å²) in [4.78, 5) is 27.2. The summed E-state index contributed by atoms with van der Waals surface area (Å²) < 4.78 is 0. The van der Waals surface area contributed by atoms with Crippen LogP contribution in [0.4, 0.5) is 5.69 Å². The van der Waals surface area contributed by atoms with Crippen LogP contribution in [-0.4, -0.2) is 23.8 Å². The minimum atomic E-state index is -0.385. The van der Waals surface area contributed by atoms with Gasteiger partial charge in [-0.2, -0.15) is 0 Å². The molecular weight excluding hydrogens is 324 g/mol. The van der Waals surface area contributed by atoms with Gasteiger partial charge < -0.3 is 10.2 Å². The lowest BCUT2D eigenvalue weighted by Crippen LogP contribution is -2.30. The molecule has 136 valence electrons. The maximum absolute atomic E-state index is 13.1. The second-order valence-corrected chi connectivity index (χ2v) is 6.82. The van der Waals surface area contributed by atoms with Crippen LogP contribution in [0, 0.1) is 5.92 Å². The van der Waals surface area contributed by atoms with E-state index in [4.69, 9.17) is 0 Å². The van der Waals surface area contributed by atoms with E-state index in [2.05, 4.69) is 31.3 Å². The second-order valence-electron chi connectivity index (χ2n) is 6.82. The summed E-state index contributed by atoms with van der Waals surface area (Å²) in [6.07, 6.45) is 1.96. The molecule has 1 saturated heterocycles. The lowest BCUT2D eigenvalue weighted by Gasteiger charge is -2.25. The van der Waals surface area contributed by atoms with Gasteiger partial charge in [-0.25, -0.2) is 0 Å². The van der Waals surface area contributed by atoms with E-state index < -0.39 is 0 Å². The van der Waals surface area contributed by atoms with E-state index in [9.17, 15) is 9.59 Å². The van der Waals surface area contributed by atoms with Crippen LogP contribution in [0.3, 0.4) is 0 Å². The Morgan fingerprint density at radius 3 is 2.23 bits per heavy atom. The zero-order valence-corrected chi connectivity index (χ0v) is 15.7. The molecule has 0 aromatic heterocycles. The van der Waals surface area contributed by atoms with Crippen molar-refractivity contribution < 1.29 is 9.59 Å². The molecule has 0 saturated carbocycles. The van der Waals surface area contributed by atoms with Gasteiger partial charge in [0, 0.05) is 19.2 Å². The number of para-hydroxylation sites is 1. The molecule has 1 aliphatic rings. The van der Waals surface area contributed by atoms with Gasteiger partial charge in [0.25, 0.3) is 0 Å². The Labute approximate surface area is 155 Å². The maximum atomic E-state index is 13.1. The summed E-state index contributed by atoms with van der Waals surface area (Å²) in [6.45, 7) is 4.17. The summed E-state index contributed by atoms with van der Waals surface area (Å²) in [6, 6.07) is 15.7. The van der Waals surface area contributed by atoms with Crippen LogP contribution < -0.4 is 5.32 Å². The first-order valence-corrected chi connectivity index (χ1v) is 9.29. The van der Waals surface area contributed by atoms with E-state index in [-0.39, 0.29) is 30.2 Å². The molecule has 2 aromatic carbocycles. The van der Waals surface area contributed by atoms with Crippen LogP contribution in [-0.2, 0) is 22.4 Å². The van der Waals surface area contributed by atoms with Gasteiger partial charge in [0.05, 0.1) is 12.0 Å². The van der Waals surface area contributed by atoms with Crippen molar-refractivity contribution in [3.8, 4) is 0 Å². The number of aryl methyl sites for hydroxylation is 2. The number of carbonyl (C=O) groups excluding carboxylic acids is 2. The molecule has 4 heteroatoms. The normalized spacial score (nSPS) is 19.7. The number of rotatable bonds is 5. The van der Waals surface area contributed by atoms with Crippen molar-refractivity contribution >= 4 is 17.5 Å². The Kier molecular flexibility index (Phi) is 5.40. The van der Waals surface area contributed by atoms with E-state index in [0.29, 0.717) is 0 Å². The van der Waals surface area contributed by atoms with Crippen LogP contribution in [0.1, 0.15) is 43.0 Å². The van der Waals surface area contributed by atoms with Crippen LogP contribution in [0.2, 0.25) is 0 Å². The molecule has 2 amide bonds. The molecule has 4 nitrogen and oxygen atoms in total.